The molecule has 3 heterocycles. The number of benzene rings is 4. The van der Waals surface area contributed by atoms with Crippen LogP contribution in [-0.2, 0) is 20.1 Å². The molecular formula is C43H40IrN2SSi-2. The summed E-state index contributed by atoms with van der Waals surface area (Å²) in [5, 5.41) is 4.02. The molecule has 0 atom stereocenters. The molecule has 1 fully saturated rings. The van der Waals surface area contributed by atoms with Gasteiger partial charge in [-0.25, -0.2) is 0 Å². The Labute approximate surface area is 303 Å². The summed E-state index contributed by atoms with van der Waals surface area (Å²) in [6.07, 6.45) is 10.7. The van der Waals surface area contributed by atoms with E-state index in [1.807, 2.05) is 48.0 Å². The molecule has 7 aromatic rings. The number of aromatic nitrogens is 2. The molecule has 0 bridgehead atoms. The Balaban J connectivity index is 0.000000201. The summed E-state index contributed by atoms with van der Waals surface area (Å²) in [7, 11) is -1.23. The second kappa shape index (κ2) is 15.2. The molecule has 48 heavy (non-hydrogen) atoms. The Hall–Kier alpha value is -3.73. The van der Waals surface area contributed by atoms with E-state index >= 15 is 0 Å². The Morgan fingerprint density at radius 3 is 2.23 bits per heavy atom. The van der Waals surface area contributed by atoms with Crippen molar-refractivity contribution in [2.24, 2.45) is 0 Å². The quantitative estimate of drug-likeness (QED) is 0.127. The van der Waals surface area contributed by atoms with Gasteiger partial charge in [-0.15, -0.1) is 59.7 Å². The van der Waals surface area contributed by atoms with E-state index in [9.17, 15) is 0 Å². The van der Waals surface area contributed by atoms with Gasteiger partial charge in [0.05, 0.1) is 8.07 Å². The molecule has 4 aromatic carbocycles. The molecule has 3 aromatic heterocycles. The maximum absolute atomic E-state index is 4.77. The average molecular weight is 837 g/mol. The zero-order valence-electron chi connectivity index (χ0n) is 27.8. The van der Waals surface area contributed by atoms with Gasteiger partial charge in [0.15, 0.2) is 0 Å². The molecular weight excluding hydrogens is 797 g/mol. The van der Waals surface area contributed by atoms with Crippen LogP contribution in [0.25, 0.3) is 53.8 Å². The first-order valence-electron chi connectivity index (χ1n) is 16.8. The van der Waals surface area contributed by atoms with Crippen LogP contribution in [0.2, 0.25) is 19.6 Å². The van der Waals surface area contributed by atoms with Crippen LogP contribution in [0.1, 0.15) is 43.6 Å². The third-order valence-electron chi connectivity index (χ3n) is 9.27. The molecule has 2 nitrogen and oxygen atoms in total. The van der Waals surface area contributed by atoms with E-state index in [0.29, 0.717) is 5.92 Å². The third-order valence-corrected chi connectivity index (χ3v) is 12.5. The van der Waals surface area contributed by atoms with Gasteiger partial charge in [0, 0.05) is 37.2 Å². The van der Waals surface area contributed by atoms with Crippen molar-refractivity contribution in [3.8, 4) is 33.6 Å². The van der Waals surface area contributed by atoms with Gasteiger partial charge in [0.25, 0.3) is 0 Å². The second-order valence-electron chi connectivity index (χ2n) is 13.5. The van der Waals surface area contributed by atoms with E-state index in [-0.39, 0.29) is 20.1 Å². The third kappa shape index (κ3) is 7.61. The van der Waals surface area contributed by atoms with Crippen molar-refractivity contribution in [3.63, 3.8) is 0 Å². The van der Waals surface area contributed by atoms with Crippen molar-refractivity contribution >= 4 is 44.8 Å². The van der Waals surface area contributed by atoms with Gasteiger partial charge in [-0.3, -0.25) is 0 Å². The number of hydrogen-bond acceptors (Lipinski definition) is 3. The maximum atomic E-state index is 4.77. The molecule has 1 saturated carbocycles. The van der Waals surface area contributed by atoms with Crippen molar-refractivity contribution in [3.05, 3.63) is 139 Å². The summed E-state index contributed by atoms with van der Waals surface area (Å²) in [6.45, 7) is 7.00. The van der Waals surface area contributed by atoms with E-state index in [0.717, 1.165) is 22.5 Å². The molecule has 0 saturated heterocycles. The van der Waals surface area contributed by atoms with Gasteiger partial charge in [-0.05, 0) is 68.7 Å². The SMILES string of the molecule is C[Si](C)(C)c1ccc(-c2[c-]cccc2)nc1.[Ir].[c-]1ccc2c(sc3cc(-c4ccccc4)ccc32)c1-c1cc(C2CCCCC2)ccn1. The molecule has 0 aliphatic heterocycles. The summed E-state index contributed by atoms with van der Waals surface area (Å²) in [6, 6.07) is 45.2. The van der Waals surface area contributed by atoms with Crippen molar-refractivity contribution in [2.45, 2.75) is 57.7 Å². The summed E-state index contributed by atoms with van der Waals surface area (Å²) in [5.74, 6) is 0.686. The van der Waals surface area contributed by atoms with Crippen LogP contribution in [-0.4, -0.2) is 18.0 Å². The standard InChI is InChI=1S/C29H24NS.C14H16NSi.Ir/c1-3-8-20(9-4-1)22-14-15-24-25-12-7-13-26(29(25)31-28(24)19-22)27-18-23(16-17-30-27)21-10-5-2-6-11-21;1-16(2,3)13-9-10-14(15-11-13)12-7-5-4-6-8-12;/h1,3-4,7-9,12,14-19,21H,2,5-6,10-11H2;4-7,9-11H,1-3H3;/q2*-1;. The van der Waals surface area contributed by atoms with Crippen molar-refractivity contribution in [1.82, 2.24) is 9.97 Å². The molecule has 0 amide bonds. The Kier molecular flexibility index (Phi) is 10.8. The molecule has 0 unspecified atom stereocenters. The van der Waals surface area contributed by atoms with E-state index in [1.165, 1.54) is 74.2 Å². The summed E-state index contributed by atoms with van der Waals surface area (Å²) in [5.41, 5.74) is 8.23. The van der Waals surface area contributed by atoms with Gasteiger partial charge in [0.2, 0.25) is 0 Å². The molecule has 8 rings (SSSR count). The number of fused-ring (bicyclic) bond motifs is 3. The van der Waals surface area contributed by atoms with Crippen LogP contribution >= 0.6 is 11.3 Å². The molecule has 1 aliphatic rings. The smallest absolute Gasteiger partial charge is 0.0795 e. The fourth-order valence-electron chi connectivity index (χ4n) is 6.56. The van der Waals surface area contributed by atoms with E-state index in [2.05, 4.69) is 122 Å². The van der Waals surface area contributed by atoms with Crippen LogP contribution < -0.4 is 5.19 Å². The van der Waals surface area contributed by atoms with E-state index < -0.39 is 8.07 Å². The molecule has 1 aliphatic carbocycles. The van der Waals surface area contributed by atoms with Crippen LogP contribution in [0, 0.1) is 12.1 Å². The minimum Gasteiger partial charge on any atom is -0.305 e. The number of hydrogen-bond donors (Lipinski definition) is 0. The van der Waals surface area contributed by atoms with Crippen molar-refractivity contribution in [2.75, 3.05) is 0 Å². The zero-order chi connectivity index (χ0) is 32.2. The summed E-state index contributed by atoms with van der Waals surface area (Å²) >= 11 is 1.86. The number of thiophene rings is 1. The predicted molar refractivity (Wildman–Crippen MR) is 204 cm³/mol. The van der Waals surface area contributed by atoms with Gasteiger partial charge in [0.1, 0.15) is 0 Å². The van der Waals surface area contributed by atoms with Gasteiger partial charge < -0.3 is 9.97 Å². The molecule has 0 N–H and O–H groups in total. The topological polar surface area (TPSA) is 25.8 Å². The van der Waals surface area contributed by atoms with Crippen molar-refractivity contribution in [1.29, 1.82) is 0 Å². The Morgan fingerprint density at radius 1 is 0.688 bits per heavy atom. The fourth-order valence-corrected chi connectivity index (χ4v) is 8.85. The maximum Gasteiger partial charge on any atom is 0.0795 e. The number of rotatable bonds is 5. The Bertz CT molecular complexity index is 2100. The first-order valence-corrected chi connectivity index (χ1v) is 21.1. The summed E-state index contributed by atoms with van der Waals surface area (Å²) in [4.78, 5) is 9.28. The monoisotopic (exact) mass is 837 g/mol. The minimum absolute atomic E-state index is 0. The minimum atomic E-state index is -1.23. The van der Waals surface area contributed by atoms with Crippen LogP contribution in [0.4, 0.5) is 0 Å². The van der Waals surface area contributed by atoms with Crippen LogP contribution in [0.15, 0.2) is 122 Å². The first-order chi connectivity index (χ1) is 22.9. The fraction of sp³-hybridized carbons (Fsp3) is 0.209. The molecule has 243 valence electrons. The molecule has 5 heteroatoms. The average Bonchev–Trinajstić information content (AvgIpc) is 3.51. The Morgan fingerprint density at radius 2 is 1.50 bits per heavy atom. The number of nitrogens with zero attached hydrogens (tertiary/aromatic N) is 2. The van der Waals surface area contributed by atoms with E-state index in [1.54, 1.807) is 0 Å². The van der Waals surface area contributed by atoms with Crippen molar-refractivity contribution < 1.29 is 20.1 Å². The van der Waals surface area contributed by atoms with E-state index in [4.69, 9.17) is 4.98 Å². The molecule has 1 radical (unpaired) electrons. The number of pyridine rings is 2. The zero-order valence-corrected chi connectivity index (χ0v) is 32.0. The summed E-state index contributed by atoms with van der Waals surface area (Å²) < 4.78 is 2.61. The van der Waals surface area contributed by atoms with Gasteiger partial charge in [-0.2, -0.15) is 11.3 Å². The normalized spacial score (nSPS) is 13.5. The van der Waals surface area contributed by atoms with Crippen LogP contribution in [0.5, 0.6) is 0 Å². The van der Waals surface area contributed by atoms with Crippen LogP contribution in [0.3, 0.4) is 0 Å². The largest absolute Gasteiger partial charge is 0.305 e. The second-order valence-corrected chi connectivity index (χ2v) is 19.7. The predicted octanol–water partition coefficient (Wildman–Crippen LogP) is 11.7. The first kappa shape index (κ1) is 34.1. The van der Waals surface area contributed by atoms with Gasteiger partial charge in [-0.1, -0.05) is 111 Å². The molecule has 0 spiro atoms. The van der Waals surface area contributed by atoms with Gasteiger partial charge >= 0.3 is 0 Å².